The summed E-state index contributed by atoms with van der Waals surface area (Å²) in [4.78, 5) is 37.8. The molecule has 1 saturated heterocycles. The molecule has 3 rings (SSSR count). The Hall–Kier alpha value is -3.00. The van der Waals surface area contributed by atoms with Crippen LogP contribution in [0, 0.1) is 13.8 Å². The summed E-state index contributed by atoms with van der Waals surface area (Å²) in [5, 5.41) is 8.42. The van der Waals surface area contributed by atoms with Crippen molar-refractivity contribution in [3.63, 3.8) is 0 Å². The number of urea groups is 1. The van der Waals surface area contributed by atoms with E-state index in [2.05, 4.69) is 16.0 Å². The summed E-state index contributed by atoms with van der Waals surface area (Å²) in [5.74, 6) is 0.00780. The van der Waals surface area contributed by atoms with Gasteiger partial charge in [0.15, 0.2) is 0 Å². The molecule has 0 saturated carbocycles. The van der Waals surface area contributed by atoms with Gasteiger partial charge in [-0.1, -0.05) is 18.2 Å². The van der Waals surface area contributed by atoms with Crippen LogP contribution in [-0.4, -0.2) is 42.4 Å². The van der Waals surface area contributed by atoms with E-state index < -0.39 is 0 Å². The van der Waals surface area contributed by atoms with Crippen molar-refractivity contribution in [2.75, 3.05) is 40.1 Å². The minimum absolute atomic E-state index is 0.133. The number of rotatable bonds is 7. The van der Waals surface area contributed by atoms with Crippen molar-refractivity contribution in [2.24, 2.45) is 0 Å². The number of nitrogens with one attached hydrogen (secondary N) is 3. The predicted molar refractivity (Wildman–Crippen MR) is 118 cm³/mol. The molecule has 0 spiro atoms. The Kier molecular flexibility index (Phi) is 6.77. The van der Waals surface area contributed by atoms with Gasteiger partial charge in [0.05, 0.1) is 17.2 Å². The lowest BCUT2D eigenvalue weighted by Gasteiger charge is -2.18. The van der Waals surface area contributed by atoms with Crippen LogP contribution in [0.5, 0.6) is 0 Å². The molecule has 1 aliphatic heterocycles. The summed E-state index contributed by atoms with van der Waals surface area (Å²) in [6.45, 7) is 5.09. The van der Waals surface area contributed by atoms with E-state index in [-0.39, 0.29) is 29.4 Å². The van der Waals surface area contributed by atoms with Crippen molar-refractivity contribution in [3.8, 4) is 0 Å². The minimum atomic E-state index is -0.195. The number of hydrogen-bond acceptors (Lipinski definition) is 4. The summed E-state index contributed by atoms with van der Waals surface area (Å²) in [5.41, 5.74) is 4.18. The quantitative estimate of drug-likeness (QED) is 0.652. The van der Waals surface area contributed by atoms with Crippen LogP contribution in [0.2, 0.25) is 0 Å². The molecule has 3 N–H and O–H groups in total. The molecule has 0 aromatic heterocycles. The van der Waals surface area contributed by atoms with Crippen LogP contribution in [0.3, 0.4) is 0 Å². The second-order valence-electron chi connectivity index (χ2n) is 6.84. The molecular weight excluding hydrogens is 388 g/mol. The van der Waals surface area contributed by atoms with Crippen molar-refractivity contribution in [2.45, 2.75) is 13.8 Å². The Morgan fingerprint density at radius 1 is 1.03 bits per heavy atom. The Bertz CT molecular complexity index is 932. The Morgan fingerprint density at radius 2 is 1.72 bits per heavy atom. The Labute approximate surface area is 174 Å². The van der Waals surface area contributed by atoms with Crippen molar-refractivity contribution >= 4 is 46.7 Å². The van der Waals surface area contributed by atoms with Gasteiger partial charge in [-0.15, -0.1) is 11.8 Å². The van der Waals surface area contributed by atoms with Gasteiger partial charge in [0, 0.05) is 24.5 Å². The molecule has 0 unspecified atom stereocenters. The van der Waals surface area contributed by atoms with E-state index in [1.54, 1.807) is 17.0 Å². The fourth-order valence-electron chi connectivity index (χ4n) is 3.03. The first-order valence-corrected chi connectivity index (χ1v) is 10.5. The van der Waals surface area contributed by atoms with Crippen molar-refractivity contribution in [1.82, 2.24) is 5.32 Å². The van der Waals surface area contributed by atoms with Crippen LogP contribution < -0.4 is 20.9 Å². The SMILES string of the molecule is Cc1cccc(NC(=O)CSCC(=O)Nc2ccc(C)c(N3CCNC3=O)c2)c1. The van der Waals surface area contributed by atoms with E-state index in [1.165, 1.54) is 11.8 Å². The van der Waals surface area contributed by atoms with Gasteiger partial charge < -0.3 is 16.0 Å². The molecule has 0 bridgehead atoms. The van der Waals surface area contributed by atoms with Crippen molar-refractivity contribution in [1.29, 1.82) is 0 Å². The first-order valence-electron chi connectivity index (χ1n) is 9.32. The topological polar surface area (TPSA) is 90.5 Å². The third-order valence-corrected chi connectivity index (χ3v) is 5.34. The first-order chi connectivity index (χ1) is 13.9. The molecular formula is C21H24N4O3S. The molecule has 8 heteroatoms. The van der Waals surface area contributed by atoms with Crippen LogP contribution in [0.25, 0.3) is 0 Å². The van der Waals surface area contributed by atoms with E-state index in [1.807, 2.05) is 44.2 Å². The molecule has 29 heavy (non-hydrogen) atoms. The van der Waals surface area contributed by atoms with Crippen LogP contribution in [0.1, 0.15) is 11.1 Å². The zero-order valence-corrected chi connectivity index (χ0v) is 17.3. The number of thioether (sulfide) groups is 1. The maximum atomic E-state index is 12.2. The normalized spacial score (nSPS) is 13.2. The highest BCUT2D eigenvalue weighted by Gasteiger charge is 2.22. The second-order valence-corrected chi connectivity index (χ2v) is 7.83. The monoisotopic (exact) mass is 412 g/mol. The van der Waals surface area contributed by atoms with Gasteiger partial charge in [-0.05, 0) is 49.2 Å². The largest absolute Gasteiger partial charge is 0.336 e. The number of nitrogens with zero attached hydrogens (tertiary/aromatic N) is 1. The van der Waals surface area contributed by atoms with Crippen molar-refractivity contribution < 1.29 is 14.4 Å². The lowest BCUT2D eigenvalue weighted by Crippen LogP contribution is -2.28. The predicted octanol–water partition coefficient (Wildman–Crippen LogP) is 3.14. The lowest BCUT2D eigenvalue weighted by molar-refractivity contribution is -0.114. The van der Waals surface area contributed by atoms with Gasteiger partial charge in [0.25, 0.3) is 0 Å². The van der Waals surface area contributed by atoms with Gasteiger partial charge in [-0.3, -0.25) is 14.5 Å². The van der Waals surface area contributed by atoms with Gasteiger partial charge in [0.2, 0.25) is 11.8 Å². The van der Waals surface area contributed by atoms with E-state index >= 15 is 0 Å². The molecule has 0 atom stereocenters. The van der Waals surface area contributed by atoms with Crippen LogP contribution >= 0.6 is 11.8 Å². The van der Waals surface area contributed by atoms with Gasteiger partial charge in [-0.2, -0.15) is 0 Å². The maximum Gasteiger partial charge on any atom is 0.322 e. The fourth-order valence-corrected chi connectivity index (χ4v) is 3.65. The molecule has 152 valence electrons. The van der Waals surface area contributed by atoms with Crippen LogP contribution in [0.4, 0.5) is 21.9 Å². The zero-order valence-electron chi connectivity index (χ0n) is 16.5. The highest BCUT2D eigenvalue weighted by atomic mass is 32.2. The highest BCUT2D eigenvalue weighted by Crippen LogP contribution is 2.25. The molecule has 2 aromatic carbocycles. The van der Waals surface area contributed by atoms with E-state index in [0.29, 0.717) is 18.8 Å². The zero-order chi connectivity index (χ0) is 20.8. The lowest BCUT2D eigenvalue weighted by atomic mass is 10.1. The van der Waals surface area contributed by atoms with E-state index in [0.717, 1.165) is 22.5 Å². The third-order valence-electron chi connectivity index (χ3n) is 4.41. The third kappa shape index (κ3) is 5.74. The van der Waals surface area contributed by atoms with Gasteiger partial charge >= 0.3 is 6.03 Å². The average Bonchev–Trinajstić information content (AvgIpc) is 3.09. The Morgan fingerprint density at radius 3 is 2.34 bits per heavy atom. The number of aryl methyl sites for hydroxylation is 2. The molecule has 4 amide bonds. The number of benzene rings is 2. The van der Waals surface area contributed by atoms with E-state index in [4.69, 9.17) is 0 Å². The number of carbonyl (C=O) groups excluding carboxylic acids is 3. The molecule has 1 fully saturated rings. The van der Waals surface area contributed by atoms with Gasteiger partial charge in [0.1, 0.15) is 0 Å². The van der Waals surface area contributed by atoms with Crippen molar-refractivity contribution in [3.05, 3.63) is 53.6 Å². The smallest absolute Gasteiger partial charge is 0.322 e. The van der Waals surface area contributed by atoms with Crippen LogP contribution in [-0.2, 0) is 9.59 Å². The summed E-state index contributed by atoms with van der Waals surface area (Å²) in [7, 11) is 0. The number of hydrogen-bond donors (Lipinski definition) is 3. The molecule has 7 nitrogen and oxygen atoms in total. The van der Waals surface area contributed by atoms with Gasteiger partial charge in [-0.25, -0.2) is 4.79 Å². The Balaban J connectivity index is 1.48. The summed E-state index contributed by atoms with van der Waals surface area (Å²) in [6.07, 6.45) is 0. The highest BCUT2D eigenvalue weighted by molar-refractivity contribution is 8.00. The summed E-state index contributed by atoms with van der Waals surface area (Å²) < 4.78 is 0. The summed E-state index contributed by atoms with van der Waals surface area (Å²) in [6, 6.07) is 12.9. The molecule has 1 heterocycles. The number of anilines is 3. The minimum Gasteiger partial charge on any atom is -0.336 e. The fraction of sp³-hybridized carbons (Fsp3) is 0.286. The first kappa shape index (κ1) is 20.7. The maximum absolute atomic E-state index is 12.2. The second kappa shape index (κ2) is 9.47. The standard InChI is InChI=1S/C21H24N4O3S/c1-14-4-3-5-16(10-14)23-19(26)12-29-13-20(27)24-17-7-6-15(2)18(11-17)25-9-8-22-21(25)28/h3-7,10-11H,8-9,12-13H2,1-2H3,(H,22,28)(H,23,26)(H,24,27). The molecule has 2 aromatic rings. The average molecular weight is 413 g/mol. The summed E-state index contributed by atoms with van der Waals surface area (Å²) >= 11 is 1.25. The molecule has 0 radical (unpaired) electrons. The van der Waals surface area contributed by atoms with Crippen LogP contribution in [0.15, 0.2) is 42.5 Å². The molecule has 0 aliphatic carbocycles. The number of carbonyl (C=O) groups is 3. The van der Waals surface area contributed by atoms with E-state index in [9.17, 15) is 14.4 Å². The molecule has 1 aliphatic rings. The number of amides is 4.